The molecule has 0 radical (unpaired) electrons. The summed E-state index contributed by atoms with van der Waals surface area (Å²) in [6.07, 6.45) is 4.89. The quantitative estimate of drug-likeness (QED) is 0.650. The largest absolute Gasteiger partial charge is 0.347 e. The Labute approximate surface area is 95.3 Å². The fourth-order valence-electron chi connectivity index (χ4n) is 1.26. The number of anilines is 2. The summed E-state index contributed by atoms with van der Waals surface area (Å²) in [5.41, 5.74) is 0.0770. The lowest BCUT2D eigenvalue weighted by Crippen LogP contribution is -1.99. The van der Waals surface area contributed by atoms with E-state index in [2.05, 4.69) is 15.3 Å². The highest BCUT2D eigenvalue weighted by Crippen LogP contribution is 2.26. The van der Waals surface area contributed by atoms with Crippen molar-refractivity contribution in [2.24, 2.45) is 0 Å². The van der Waals surface area contributed by atoms with Gasteiger partial charge < -0.3 is 5.32 Å². The first-order valence-electron chi connectivity index (χ1n) is 4.63. The van der Waals surface area contributed by atoms with Crippen LogP contribution in [0.3, 0.4) is 0 Å². The molecule has 0 unspecified atom stereocenters. The summed E-state index contributed by atoms with van der Waals surface area (Å²) in [4.78, 5) is 17.4. The van der Waals surface area contributed by atoms with Gasteiger partial charge in [-0.25, -0.2) is 4.39 Å². The molecule has 0 aromatic carbocycles. The molecule has 0 spiro atoms. The van der Waals surface area contributed by atoms with E-state index in [0.717, 1.165) is 12.4 Å². The smallest absolute Gasteiger partial charge is 0.310 e. The first-order valence-corrected chi connectivity index (χ1v) is 4.63. The molecule has 17 heavy (non-hydrogen) atoms. The number of nitro groups is 1. The van der Waals surface area contributed by atoms with E-state index in [1.165, 1.54) is 24.5 Å². The topological polar surface area (TPSA) is 81.0 Å². The van der Waals surface area contributed by atoms with Crippen molar-refractivity contribution in [3.8, 4) is 0 Å². The standard InChI is InChI=1S/C10H7FN4O2/c11-7-5-12-3-1-8(7)14-9-2-4-13-6-10(9)15(16)17/h1-6H,(H,12,13,14). The predicted octanol–water partition coefficient (Wildman–Crippen LogP) is 2.27. The van der Waals surface area contributed by atoms with Gasteiger partial charge in [-0.15, -0.1) is 0 Å². The predicted molar refractivity (Wildman–Crippen MR) is 58.4 cm³/mol. The SMILES string of the molecule is O=[N+]([O-])c1cnccc1Nc1ccncc1F. The second-order valence-electron chi connectivity index (χ2n) is 3.13. The van der Waals surface area contributed by atoms with Crippen LogP contribution in [-0.4, -0.2) is 14.9 Å². The molecule has 2 aromatic rings. The Kier molecular flexibility index (Phi) is 2.91. The number of nitrogens with zero attached hydrogens (tertiary/aromatic N) is 3. The summed E-state index contributed by atoms with van der Waals surface area (Å²) in [7, 11) is 0. The van der Waals surface area contributed by atoms with Crippen molar-refractivity contribution in [1.82, 2.24) is 9.97 Å². The summed E-state index contributed by atoms with van der Waals surface area (Å²) in [5, 5.41) is 13.3. The Morgan fingerprint density at radius 1 is 1.18 bits per heavy atom. The van der Waals surface area contributed by atoms with E-state index in [9.17, 15) is 14.5 Å². The molecule has 1 N–H and O–H groups in total. The zero-order valence-electron chi connectivity index (χ0n) is 8.50. The minimum Gasteiger partial charge on any atom is -0.347 e. The third-order valence-corrected chi connectivity index (χ3v) is 2.04. The van der Waals surface area contributed by atoms with Crippen LogP contribution in [-0.2, 0) is 0 Å². The number of hydrogen-bond acceptors (Lipinski definition) is 5. The lowest BCUT2D eigenvalue weighted by Gasteiger charge is -2.06. The summed E-state index contributed by atoms with van der Waals surface area (Å²) < 4.78 is 13.3. The van der Waals surface area contributed by atoms with Crippen molar-refractivity contribution in [3.63, 3.8) is 0 Å². The van der Waals surface area contributed by atoms with Crippen molar-refractivity contribution in [3.05, 3.63) is 52.9 Å². The third kappa shape index (κ3) is 2.33. The number of aromatic nitrogens is 2. The summed E-state index contributed by atoms with van der Waals surface area (Å²) in [5.74, 6) is -0.585. The number of rotatable bonds is 3. The van der Waals surface area contributed by atoms with E-state index in [1.807, 2.05) is 0 Å². The van der Waals surface area contributed by atoms with Crippen LogP contribution in [0.25, 0.3) is 0 Å². The van der Waals surface area contributed by atoms with Gasteiger partial charge >= 0.3 is 5.69 Å². The Bertz CT molecular complexity index is 562. The van der Waals surface area contributed by atoms with Crippen LogP contribution in [0.5, 0.6) is 0 Å². The van der Waals surface area contributed by atoms with Crippen molar-refractivity contribution < 1.29 is 9.31 Å². The number of halogens is 1. The van der Waals surface area contributed by atoms with Crippen molar-refractivity contribution >= 4 is 17.1 Å². The zero-order valence-corrected chi connectivity index (χ0v) is 8.50. The lowest BCUT2D eigenvalue weighted by molar-refractivity contribution is -0.384. The second-order valence-corrected chi connectivity index (χ2v) is 3.13. The number of hydrogen-bond donors (Lipinski definition) is 1. The van der Waals surface area contributed by atoms with Gasteiger partial charge in [-0.3, -0.25) is 20.1 Å². The second kappa shape index (κ2) is 4.52. The normalized spacial score (nSPS) is 9.94. The van der Waals surface area contributed by atoms with Crippen LogP contribution in [0.4, 0.5) is 21.5 Å². The molecule has 2 rings (SSSR count). The Balaban J connectivity index is 2.37. The molecule has 0 aliphatic carbocycles. The van der Waals surface area contributed by atoms with Gasteiger partial charge in [0, 0.05) is 12.4 Å². The van der Waals surface area contributed by atoms with Crippen LogP contribution in [0, 0.1) is 15.9 Å². The molecule has 0 fully saturated rings. The van der Waals surface area contributed by atoms with Crippen LogP contribution in [0.1, 0.15) is 0 Å². The van der Waals surface area contributed by atoms with Gasteiger partial charge in [-0.05, 0) is 12.1 Å². The molecule has 0 bridgehead atoms. The molecular formula is C10H7FN4O2. The highest BCUT2D eigenvalue weighted by Gasteiger charge is 2.14. The zero-order chi connectivity index (χ0) is 12.3. The van der Waals surface area contributed by atoms with E-state index in [4.69, 9.17) is 0 Å². The van der Waals surface area contributed by atoms with Crippen LogP contribution < -0.4 is 5.32 Å². The fraction of sp³-hybridized carbons (Fsp3) is 0. The number of nitrogens with one attached hydrogen (secondary N) is 1. The van der Waals surface area contributed by atoms with Gasteiger partial charge in [0.2, 0.25) is 0 Å². The molecule has 6 nitrogen and oxygen atoms in total. The fourth-order valence-corrected chi connectivity index (χ4v) is 1.26. The average molecular weight is 234 g/mol. The minimum absolute atomic E-state index is 0.120. The maximum absolute atomic E-state index is 13.3. The van der Waals surface area contributed by atoms with Crippen LogP contribution in [0.15, 0.2) is 36.9 Å². The molecule has 0 saturated heterocycles. The molecule has 0 saturated carbocycles. The van der Waals surface area contributed by atoms with Crippen molar-refractivity contribution in [2.45, 2.75) is 0 Å². The van der Waals surface area contributed by atoms with Crippen molar-refractivity contribution in [2.75, 3.05) is 5.32 Å². The van der Waals surface area contributed by atoms with Gasteiger partial charge in [0.25, 0.3) is 0 Å². The van der Waals surface area contributed by atoms with Crippen molar-refractivity contribution in [1.29, 1.82) is 0 Å². The van der Waals surface area contributed by atoms with E-state index in [0.29, 0.717) is 0 Å². The van der Waals surface area contributed by atoms with E-state index in [-0.39, 0.29) is 17.1 Å². The summed E-state index contributed by atoms with van der Waals surface area (Å²) in [6.45, 7) is 0. The Morgan fingerprint density at radius 2 is 1.82 bits per heavy atom. The average Bonchev–Trinajstić information content (AvgIpc) is 2.32. The molecule has 2 aromatic heterocycles. The summed E-state index contributed by atoms with van der Waals surface area (Å²) >= 11 is 0. The van der Waals surface area contributed by atoms with E-state index >= 15 is 0 Å². The molecule has 7 heteroatoms. The van der Waals surface area contributed by atoms with E-state index < -0.39 is 10.7 Å². The molecular weight excluding hydrogens is 227 g/mol. The lowest BCUT2D eigenvalue weighted by atomic mass is 10.3. The molecule has 0 amide bonds. The summed E-state index contributed by atoms with van der Waals surface area (Å²) in [6, 6.07) is 2.79. The molecule has 0 aliphatic rings. The minimum atomic E-state index is -0.589. The monoisotopic (exact) mass is 234 g/mol. The molecule has 86 valence electrons. The maximum Gasteiger partial charge on any atom is 0.310 e. The maximum atomic E-state index is 13.3. The van der Waals surface area contributed by atoms with Gasteiger partial charge in [-0.2, -0.15) is 0 Å². The van der Waals surface area contributed by atoms with Crippen LogP contribution >= 0.6 is 0 Å². The highest BCUT2D eigenvalue weighted by molar-refractivity contribution is 5.68. The molecule has 2 heterocycles. The van der Waals surface area contributed by atoms with Gasteiger partial charge in [0.1, 0.15) is 11.9 Å². The molecule has 0 atom stereocenters. The van der Waals surface area contributed by atoms with E-state index in [1.54, 1.807) is 0 Å². The third-order valence-electron chi connectivity index (χ3n) is 2.04. The molecule has 0 aliphatic heterocycles. The Hall–Kier alpha value is -2.57. The number of pyridine rings is 2. The first-order chi connectivity index (χ1) is 8.18. The first kappa shape index (κ1) is 10.9. The highest BCUT2D eigenvalue weighted by atomic mass is 19.1. The van der Waals surface area contributed by atoms with Gasteiger partial charge in [0.15, 0.2) is 5.82 Å². The Morgan fingerprint density at radius 3 is 2.47 bits per heavy atom. The van der Waals surface area contributed by atoms with Crippen LogP contribution in [0.2, 0.25) is 0 Å². The van der Waals surface area contributed by atoms with Gasteiger partial charge in [0.05, 0.1) is 16.8 Å². The van der Waals surface area contributed by atoms with Gasteiger partial charge in [-0.1, -0.05) is 0 Å².